The van der Waals surface area contributed by atoms with Crippen LogP contribution in [-0.2, 0) is 6.61 Å². The van der Waals surface area contributed by atoms with Crippen molar-refractivity contribution in [2.75, 3.05) is 0 Å². The van der Waals surface area contributed by atoms with E-state index in [0.29, 0.717) is 27.2 Å². The van der Waals surface area contributed by atoms with Gasteiger partial charge in [0.25, 0.3) is 0 Å². The van der Waals surface area contributed by atoms with Gasteiger partial charge < -0.3 is 4.74 Å². The number of aromatic nitrogens is 4. The maximum Gasteiger partial charge on any atom is 0.152 e. The number of ether oxygens (including phenoxy) is 1. The Kier molecular flexibility index (Phi) is 8.26. The number of aryl methyl sites for hydroxylation is 2. The molecule has 52 heavy (non-hydrogen) atoms. The predicted octanol–water partition coefficient (Wildman–Crippen LogP) is 11.2. The van der Waals surface area contributed by atoms with Gasteiger partial charge in [-0.2, -0.15) is 0 Å². The smallest absolute Gasteiger partial charge is 0.152 e. The molecule has 2 aromatic heterocycles. The minimum atomic E-state index is -0.883. The van der Waals surface area contributed by atoms with Crippen LogP contribution in [0.3, 0.4) is 0 Å². The lowest BCUT2D eigenvalue weighted by Crippen LogP contribution is -2.03. The lowest BCUT2D eigenvalue weighted by molar-refractivity contribution is 0.303. The number of benzene rings is 6. The van der Waals surface area contributed by atoms with Crippen LogP contribution in [0.25, 0.3) is 55.7 Å². The van der Waals surface area contributed by atoms with Crippen LogP contribution in [-0.4, -0.2) is 19.1 Å². The molecule has 0 radical (unpaired) electrons. The third-order valence-corrected chi connectivity index (χ3v) is 9.38. The largest absolute Gasteiger partial charge is 0.489 e. The molecular weight excluding hydrogens is 695 g/mol. The van der Waals surface area contributed by atoms with Gasteiger partial charge in [0.1, 0.15) is 53.8 Å². The Hall–Kier alpha value is -6.00. The van der Waals surface area contributed by atoms with E-state index in [1.54, 1.807) is 37.5 Å². The summed E-state index contributed by atoms with van der Waals surface area (Å²) in [4.78, 5) is 8.71. The number of imidazole rings is 2. The minimum Gasteiger partial charge on any atom is -0.489 e. The highest BCUT2D eigenvalue weighted by Gasteiger charge is 2.22. The third-order valence-electron chi connectivity index (χ3n) is 9.07. The fourth-order valence-electron chi connectivity index (χ4n) is 6.70. The Bertz CT molecular complexity index is 2680. The van der Waals surface area contributed by atoms with Gasteiger partial charge in [-0.1, -0.05) is 41.9 Å². The molecule has 258 valence electrons. The van der Waals surface area contributed by atoms with Crippen molar-refractivity contribution in [3.05, 3.63) is 161 Å². The molecule has 8 rings (SSSR count). The second-order valence-electron chi connectivity index (χ2n) is 12.4. The van der Waals surface area contributed by atoms with E-state index in [1.165, 1.54) is 23.0 Å². The van der Waals surface area contributed by atoms with Crippen LogP contribution in [0.5, 0.6) is 5.75 Å². The van der Waals surface area contributed by atoms with E-state index in [0.717, 1.165) is 46.6 Å². The van der Waals surface area contributed by atoms with Crippen molar-refractivity contribution in [1.82, 2.24) is 19.1 Å². The Balaban J connectivity index is 1.09. The number of hydrogen-bond donors (Lipinski definition) is 0. The van der Waals surface area contributed by atoms with Crippen molar-refractivity contribution >= 4 is 33.7 Å². The molecule has 0 N–H and O–H groups in total. The van der Waals surface area contributed by atoms with E-state index in [9.17, 15) is 13.2 Å². The fraction of sp³-hybridized carbons (Fsp3) is 0.0732. The summed E-state index contributed by atoms with van der Waals surface area (Å²) in [6.07, 6.45) is 2.98. The molecule has 0 spiro atoms. The van der Waals surface area contributed by atoms with Crippen molar-refractivity contribution < 1.29 is 26.7 Å². The van der Waals surface area contributed by atoms with Crippen molar-refractivity contribution in [3.8, 4) is 39.4 Å². The van der Waals surface area contributed by atoms with E-state index < -0.39 is 29.1 Å². The highest BCUT2D eigenvalue weighted by molar-refractivity contribution is 6.33. The average molecular weight is 721 g/mol. The summed E-state index contributed by atoms with van der Waals surface area (Å²) in [6.45, 7) is 3.64. The first-order valence-electron chi connectivity index (χ1n) is 16.1. The van der Waals surface area contributed by atoms with Crippen LogP contribution in [0, 0.1) is 42.9 Å². The average Bonchev–Trinajstić information content (AvgIpc) is 3.72. The first-order chi connectivity index (χ1) is 25.1. The summed E-state index contributed by atoms with van der Waals surface area (Å²) in [5.74, 6) is -3.87. The molecule has 0 aliphatic rings. The molecule has 0 aliphatic heterocycles. The van der Waals surface area contributed by atoms with Crippen LogP contribution >= 0.6 is 11.6 Å². The first-order valence-corrected chi connectivity index (χ1v) is 16.5. The molecule has 6 aromatic carbocycles. The summed E-state index contributed by atoms with van der Waals surface area (Å²) in [5.41, 5.74) is 6.14. The summed E-state index contributed by atoms with van der Waals surface area (Å²) in [6, 6.07) is 24.6. The molecule has 0 saturated carbocycles. The Morgan fingerprint density at radius 1 is 0.615 bits per heavy atom. The van der Waals surface area contributed by atoms with Gasteiger partial charge in [-0.15, -0.1) is 0 Å². The van der Waals surface area contributed by atoms with E-state index in [1.807, 2.05) is 47.9 Å². The van der Waals surface area contributed by atoms with Gasteiger partial charge in [0.2, 0.25) is 0 Å². The molecule has 0 bridgehead atoms. The zero-order chi connectivity index (χ0) is 36.3. The highest BCUT2D eigenvalue weighted by atomic mass is 35.5. The SMILES string of the molecule is Cc1cccc(-n2cnc3cc(COc4cc(F)c(-c5c(C)cccc5-n5cnc6cc(F)cc(F)c65)c(F)c4)ccc32)c1-c1ccc(F)cc1Cl. The minimum absolute atomic E-state index is 0.00557. The van der Waals surface area contributed by atoms with Crippen molar-refractivity contribution in [3.63, 3.8) is 0 Å². The zero-order valence-electron chi connectivity index (χ0n) is 27.6. The summed E-state index contributed by atoms with van der Waals surface area (Å²) >= 11 is 6.46. The van der Waals surface area contributed by atoms with Gasteiger partial charge in [-0.25, -0.2) is 31.9 Å². The normalized spacial score (nSPS) is 11.5. The lowest BCUT2D eigenvalue weighted by atomic mass is 9.97. The Morgan fingerprint density at radius 2 is 1.29 bits per heavy atom. The molecular formula is C41H26ClF5N4O. The van der Waals surface area contributed by atoms with Crippen molar-refractivity contribution in [2.45, 2.75) is 20.5 Å². The monoisotopic (exact) mass is 720 g/mol. The van der Waals surface area contributed by atoms with E-state index in [2.05, 4.69) is 9.97 Å². The third kappa shape index (κ3) is 5.75. The molecule has 11 heteroatoms. The second kappa shape index (κ2) is 13.0. The van der Waals surface area contributed by atoms with Crippen LogP contribution in [0.15, 0.2) is 110 Å². The summed E-state index contributed by atoms with van der Waals surface area (Å²) < 4.78 is 83.5. The molecule has 0 unspecified atom stereocenters. The second-order valence-corrected chi connectivity index (χ2v) is 12.8. The number of hydrogen-bond acceptors (Lipinski definition) is 3. The Labute approximate surface area is 299 Å². The van der Waals surface area contributed by atoms with Crippen LogP contribution in [0.1, 0.15) is 16.7 Å². The van der Waals surface area contributed by atoms with Gasteiger partial charge in [0.05, 0.1) is 38.5 Å². The van der Waals surface area contributed by atoms with Gasteiger partial charge in [-0.3, -0.25) is 9.13 Å². The Morgan fingerprint density at radius 3 is 2.02 bits per heavy atom. The predicted molar refractivity (Wildman–Crippen MR) is 192 cm³/mol. The fourth-order valence-corrected chi connectivity index (χ4v) is 6.96. The van der Waals surface area contributed by atoms with E-state index >= 15 is 8.78 Å². The topological polar surface area (TPSA) is 44.9 Å². The number of nitrogens with zero attached hydrogens (tertiary/aromatic N) is 4. The number of halogens is 6. The van der Waals surface area contributed by atoms with Gasteiger partial charge in [0, 0.05) is 41.0 Å². The summed E-state index contributed by atoms with van der Waals surface area (Å²) in [7, 11) is 0. The van der Waals surface area contributed by atoms with Crippen LogP contribution < -0.4 is 4.74 Å². The zero-order valence-corrected chi connectivity index (χ0v) is 28.3. The molecule has 0 fully saturated rings. The highest BCUT2D eigenvalue weighted by Crippen LogP contribution is 2.39. The van der Waals surface area contributed by atoms with Crippen LogP contribution in [0.4, 0.5) is 22.0 Å². The van der Waals surface area contributed by atoms with Crippen LogP contribution in [0.2, 0.25) is 5.02 Å². The van der Waals surface area contributed by atoms with Gasteiger partial charge in [-0.05, 0) is 73.0 Å². The van der Waals surface area contributed by atoms with Gasteiger partial charge >= 0.3 is 0 Å². The molecule has 0 saturated heterocycles. The summed E-state index contributed by atoms with van der Waals surface area (Å²) in [5, 5.41) is 0.291. The van der Waals surface area contributed by atoms with Crippen molar-refractivity contribution in [2.24, 2.45) is 0 Å². The lowest BCUT2D eigenvalue weighted by Gasteiger charge is -2.17. The maximum atomic E-state index is 15.9. The quantitative estimate of drug-likeness (QED) is 0.154. The van der Waals surface area contributed by atoms with E-state index in [4.69, 9.17) is 16.3 Å². The van der Waals surface area contributed by atoms with Gasteiger partial charge in [0.15, 0.2) is 5.82 Å². The molecule has 5 nitrogen and oxygen atoms in total. The maximum absolute atomic E-state index is 15.9. The first kappa shape index (κ1) is 33.2. The molecule has 8 aromatic rings. The molecule has 0 atom stereocenters. The van der Waals surface area contributed by atoms with Crippen molar-refractivity contribution in [1.29, 1.82) is 0 Å². The standard InChI is InChI=1S/C41H26ClF5N4O/c1-22-5-3-7-36(38(22)28-11-10-25(43)14-29(28)42)50-20-48-33-13-24(9-12-35(33)50)19-52-27-17-30(45)40(31(46)18-27)39-23(2)6-4-8-37(39)51-21-49-34-16-26(44)15-32(47)41(34)51/h3-18,20-21H,19H2,1-2H3. The molecule has 0 amide bonds. The number of rotatable bonds is 7. The molecule has 2 heterocycles. The number of fused-ring (bicyclic) bond motifs is 2. The molecule has 0 aliphatic carbocycles. The van der Waals surface area contributed by atoms with E-state index in [-0.39, 0.29) is 40.2 Å².